The van der Waals surface area contributed by atoms with Gasteiger partial charge in [-0.25, -0.2) is 0 Å². The fraction of sp³-hybridized carbons (Fsp3) is 0.926. The van der Waals surface area contributed by atoms with Gasteiger partial charge < -0.3 is 24.8 Å². The van der Waals surface area contributed by atoms with Crippen LogP contribution in [0.25, 0.3) is 0 Å². The largest absolute Gasteiger partial charge is 0.388 e. The molecule has 6 unspecified atom stereocenters. The molecule has 190 valence electrons. The van der Waals surface area contributed by atoms with E-state index in [2.05, 4.69) is 40.7 Å². The highest BCUT2D eigenvalue weighted by atomic mass is 16.7. The Balaban J connectivity index is 2.03. The zero-order valence-electron chi connectivity index (χ0n) is 21.5. The molecule has 1 aliphatic heterocycles. The molecule has 0 radical (unpaired) electrons. The first-order chi connectivity index (χ1) is 15.2. The Morgan fingerprint density at radius 1 is 0.875 bits per heavy atom. The van der Waals surface area contributed by atoms with E-state index in [0.29, 0.717) is 6.61 Å². The van der Waals surface area contributed by atoms with Gasteiger partial charge >= 0.3 is 0 Å². The van der Waals surface area contributed by atoms with Crippen molar-refractivity contribution in [3.63, 3.8) is 0 Å². The summed E-state index contributed by atoms with van der Waals surface area (Å²) in [5, 5.41) is 29.0. The molecule has 1 fully saturated rings. The molecular weight excluding hydrogens is 404 g/mol. The first-order valence-electron chi connectivity index (χ1n) is 13.1. The Kier molecular flexibility index (Phi) is 15.8. The van der Waals surface area contributed by atoms with Crippen molar-refractivity contribution in [2.45, 2.75) is 130 Å². The van der Waals surface area contributed by atoms with Gasteiger partial charge in [-0.3, -0.25) is 0 Å². The summed E-state index contributed by atoms with van der Waals surface area (Å²) >= 11 is 0. The number of rotatable bonds is 17. The van der Waals surface area contributed by atoms with Gasteiger partial charge in [-0.15, -0.1) is 0 Å². The molecule has 0 aliphatic carbocycles. The van der Waals surface area contributed by atoms with Crippen LogP contribution in [0.3, 0.4) is 0 Å². The van der Waals surface area contributed by atoms with Crippen molar-refractivity contribution in [1.29, 1.82) is 0 Å². The summed E-state index contributed by atoms with van der Waals surface area (Å²) in [6, 6.07) is 0. The van der Waals surface area contributed by atoms with E-state index in [0.717, 1.165) is 37.0 Å². The maximum atomic E-state index is 9.86. The monoisotopic (exact) mass is 456 g/mol. The van der Waals surface area contributed by atoms with Crippen LogP contribution in [0.4, 0.5) is 0 Å². The Morgan fingerprint density at radius 2 is 1.47 bits per heavy atom. The molecule has 32 heavy (non-hydrogen) atoms. The lowest BCUT2D eigenvalue weighted by Crippen LogP contribution is -2.53. The third kappa shape index (κ3) is 13.3. The topological polar surface area (TPSA) is 79.2 Å². The van der Waals surface area contributed by atoms with E-state index in [1.54, 1.807) is 0 Å². The van der Waals surface area contributed by atoms with E-state index in [1.807, 2.05) is 0 Å². The van der Waals surface area contributed by atoms with E-state index in [-0.39, 0.29) is 6.61 Å². The molecule has 3 N–H and O–H groups in total. The smallest absolute Gasteiger partial charge is 0.186 e. The molecule has 0 bridgehead atoms. The summed E-state index contributed by atoms with van der Waals surface area (Å²) in [4.78, 5) is 0. The zero-order chi connectivity index (χ0) is 23.9. The molecule has 1 aliphatic rings. The second kappa shape index (κ2) is 17.0. The second-order valence-corrected chi connectivity index (χ2v) is 10.7. The van der Waals surface area contributed by atoms with E-state index in [4.69, 9.17) is 9.47 Å². The van der Waals surface area contributed by atoms with E-state index < -0.39 is 24.6 Å². The minimum atomic E-state index is -1.21. The molecule has 6 atom stereocenters. The molecule has 1 heterocycles. The fourth-order valence-electron chi connectivity index (χ4n) is 4.37. The Hall–Kier alpha value is -0.460. The van der Waals surface area contributed by atoms with E-state index in [1.165, 1.54) is 56.9 Å². The molecule has 1 saturated heterocycles. The zero-order valence-corrected chi connectivity index (χ0v) is 21.5. The molecule has 0 aromatic rings. The Labute approximate surface area is 197 Å². The summed E-state index contributed by atoms with van der Waals surface area (Å²) in [5.41, 5.74) is 1.43. The van der Waals surface area contributed by atoms with Crippen LogP contribution in [-0.4, -0.2) is 53.1 Å². The van der Waals surface area contributed by atoms with E-state index >= 15 is 0 Å². The van der Waals surface area contributed by atoms with Crippen molar-refractivity contribution in [3.8, 4) is 0 Å². The van der Waals surface area contributed by atoms with Crippen LogP contribution in [0, 0.1) is 17.8 Å². The number of ether oxygens (including phenoxy) is 2. The van der Waals surface area contributed by atoms with Crippen LogP contribution >= 0.6 is 0 Å². The standard InChI is InChI=1S/C27H52O5/c1-20(2)11-8-13-22(4)15-10-17-23(5)16-9-14-21(3)12-6-7-18-31-27-26(30)25(29)24(28)19-32-27/h12,20,22-30H,6-11,13-19H2,1-5H3. The minimum Gasteiger partial charge on any atom is -0.388 e. The van der Waals surface area contributed by atoms with Crippen LogP contribution in [0.2, 0.25) is 0 Å². The first kappa shape index (κ1) is 29.6. The molecule has 0 aromatic heterocycles. The number of aliphatic hydroxyl groups is 3. The highest BCUT2D eigenvalue weighted by molar-refractivity contribution is 4.97. The first-order valence-corrected chi connectivity index (χ1v) is 13.1. The summed E-state index contributed by atoms with van der Waals surface area (Å²) in [6.07, 6.45) is 11.7. The average molecular weight is 457 g/mol. The van der Waals surface area contributed by atoms with Gasteiger partial charge in [0.2, 0.25) is 0 Å². The van der Waals surface area contributed by atoms with Gasteiger partial charge in [-0.1, -0.05) is 84.3 Å². The van der Waals surface area contributed by atoms with Crippen molar-refractivity contribution in [1.82, 2.24) is 0 Å². The number of allylic oxidation sites excluding steroid dienone is 2. The molecule has 0 saturated carbocycles. The number of unbranched alkanes of at least 4 members (excludes halogenated alkanes) is 1. The third-order valence-corrected chi connectivity index (χ3v) is 6.72. The van der Waals surface area contributed by atoms with Crippen molar-refractivity contribution < 1.29 is 24.8 Å². The molecule has 0 amide bonds. The van der Waals surface area contributed by atoms with Gasteiger partial charge in [-0.2, -0.15) is 0 Å². The maximum Gasteiger partial charge on any atom is 0.186 e. The van der Waals surface area contributed by atoms with E-state index in [9.17, 15) is 15.3 Å². The van der Waals surface area contributed by atoms with Gasteiger partial charge in [-0.05, 0) is 50.4 Å². The van der Waals surface area contributed by atoms with Crippen LogP contribution in [0.1, 0.15) is 105 Å². The molecule has 5 heteroatoms. The van der Waals surface area contributed by atoms with Gasteiger partial charge in [0, 0.05) is 0 Å². The highest BCUT2D eigenvalue weighted by Crippen LogP contribution is 2.22. The van der Waals surface area contributed by atoms with Gasteiger partial charge in [0.1, 0.15) is 18.3 Å². The Bertz CT molecular complexity index is 492. The molecule has 0 spiro atoms. The Morgan fingerprint density at radius 3 is 2.09 bits per heavy atom. The number of aliphatic hydroxyl groups excluding tert-OH is 3. The fourth-order valence-corrected chi connectivity index (χ4v) is 4.37. The second-order valence-electron chi connectivity index (χ2n) is 10.7. The molecule has 5 nitrogen and oxygen atoms in total. The van der Waals surface area contributed by atoms with Crippen molar-refractivity contribution in [2.24, 2.45) is 17.8 Å². The predicted octanol–water partition coefficient (Wildman–Crippen LogP) is 5.61. The van der Waals surface area contributed by atoms with Gasteiger partial charge in [0.25, 0.3) is 0 Å². The number of hydrogen-bond donors (Lipinski definition) is 3. The average Bonchev–Trinajstić information content (AvgIpc) is 2.73. The van der Waals surface area contributed by atoms with Crippen molar-refractivity contribution in [3.05, 3.63) is 11.6 Å². The quantitative estimate of drug-likeness (QED) is 0.196. The van der Waals surface area contributed by atoms with Gasteiger partial charge in [0.05, 0.1) is 13.2 Å². The normalized spacial score (nSPS) is 26.5. The van der Waals surface area contributed by atoms with Gasteiger partial charge in [0.15, 0.2) is 6.29 Å². The van der Waals surface area contributed by atoms with Crippen LogP contribution in [0.15, 0.2) is 11.6 Å². The van der Waals surface area contributed by atoms with Crippen LogP contribution in [0.5, 0.6) is 0 Å². The lowest BCUT2D eigenvalue weighted by atomic mass is 9.91. The molecular formula is C27H52O5. The maximum absolute atomic E-state index is 9.86. The van der Waals surface area contributed by atoms with Crippen LogP contribution < -0.4 is 0 Å². The van der Waals surface area contributed by atoms with Crippen molar-refractivity contribution >= 4 is 0 Å². The predicted molar refractivity (Wildman–Crippen MR) is 131 cm³/mol. The SMILES string of the molecule is CC(=CCCCOC1OCC(O)C(O)C1O)CCCC(C)CCCC(C)CCCC(C)C. The third-order valence-electron chi connectivity index (χ3n) is 6.72. The summed E-state index contributed by atoms with van der Waals surface area (Å²) in [7, 11) is 0. The summed E-state index contributed by atoms with van der Waals surface area (Å²) < 4.78 is 10.8. The number of hydrogen-bond acceptors (Lipinski definition) is 5. The summed E-state index contributed by atoms with van der Waals surface area (Å²) in [6.45, 7) is 12.1. The summed E-state index contributed by atoms with van der Waals surface area (Å²) in [5.74, 6) is 2.53. The molecule has 1 rings (SSSR count). The minimum absolute atomic E-state index is 0.0162. The highest BCUT2D eigenvalue weighted by Gasteiger charge is 2.37. The van der Waals surface area contributed by atoms with Crippen molar-refractivity contribution in [2.75, 3.05) is 13.2 Å². The molecule has 0 aromatic carbocycles. The lowest BCUT2D eigenvalue weighted by molar-refractivity contribution is -0.269. The lowest BCUT2D eigenvalue weighted by Gasteiger charge is -2.34. The van der Waals surface area contributed by atoms with Crippen LogP contribution in [-0.2, 0) is 9.47 Å².